The van der Waals surface area contributed by atoms with Gasteiger partial charge in [0.25, 0.3) is 0 Å². The van der Waals surface area contributed by atoms with Crippen LogP contribution in [0.25, 0.3) is 0 Å². The lowest BCUT2D eigenvalue weighted by Gasteiger charge is -2.20. The first-order chi connectivity index (χ1) is 28.5. The molecule has 6 nitrogen and oxygen atoms in total. The van der Waals surface area contributed by atoms with Crippen LogP contribution in [0.5, 0.6) is 0 Å². The normalized spacial score (nSPS) is 12.8. The number of ether oxygens (including phenoxy) is 1. The highest BCUT2D eigenvalue weighted by Gasteiger charge is 2.18. The molecule has 342 valence electrons. The molecule has 0 aromatic carbocycles. The predicted molar refractivity (Wildman–Crippen MR) is 250 cm³/mol. The average Bonchev–Trinajstić information content (AvgIpc) is 3.22. The number of hydrogen-bond donors (Lipinski definition) is 3. The molecule has 0 saturated carbocycles. The third kappa shape index (κ3) is 43.9. The summed E-state index contributed by atoms with van der Waals surface area (Å²) in [5.41, 5.74) is 0. The lowest BCUT2D eigenvalue weighted by Crippen LogP contribution is -2.45. The quantitative estimate of drug-likeness (QED) is 0.0323. The molecule has 0 rings (SSSR count). The van der Waals surface area contributed by atoms with E-state index < -0.39 is 12.1 Å². The number of aliphatic hydroxyl groups excluding tert-OH is 2. The smallest absolute Gasteiger partial charge is 0.305 e. The van der Waals surface area contributed by atoms with Gasteiger partial charge in [0.1, 0.15) is 0 Å². The molecule has 0 saturated heterocycles. The van der Waals surface area contributed by atoms with Crippen LogP contribution in [0.1, 0.15) is 271 Å². The second kappa shape index (κ2) is 48.0. The Morgan fingerprint density at radius 2 is 0.810 bits per heavy atom. The molecule has 2 unspecified atom stereocenters. The molecule has 2 atom stereocenters. The summed E-state index contributed by atoms with van der Waals surface area (Å²) in [7, 11) is 0. The zero-order valence-corrected chi connectivity index (χ0v) is 38.8. The minimum atomic E-state index is -0.853. The van der Waals surface area contributed by atoms with E-state index >= 15 is 0 Å². The summed E-state index contributed by atoms with van der Waals surface area (Å²) in [6.45, 7) is 4.85. The number of hydrogen-bond acceptors (Lipinski definition) is 5. The Bertz CT molecular complexity index is 904. The van der Waals surface area contributed by atoms with E-state index in [1.807, 2.05) is 6.08 Å². The molecule has 58 heavy (non-hydrogen) atoms. The summed E-state index contributed by atoms with van der Waals surface area (Å²) in [5.74, 6) is -0.0992. The summed E-state index contributed by atoms with van der Waals surface area (Å²) >= 11 is 0. The Balaban J connectivity index is 3.47. The Morgan fingerprint density at radius 1 is 0.466 bits per heavy atom. The molecule has 0 aliphatic rings. The SMILES string of the molecule is CCCCCCCC/C=C\CCCCCCCCCC(=O)OCCCCCCCCCCCCCCC(=O)NC(CO)C(O)/C=C/CCCCCCCCCCCC. The maximum Gasteiger partial charge on any atom is 0.305 e. The van der Waals surface area contributed by atoms with Crippen LogP contribution in [-0.4, -0.2) is 47.4 Å². The van der Waals surface area contributed by atoms with Gasteiger partial charge in [-0.05, 0) is 57.8 Å². The third-order valence-corrected chi connectivity index (χ3v) is 11.7. The molecule has 0 heterocycles. The van der Waals surface area contributed by atoms with Crippen molar-refractivity contribution in [3.05, 3.63) is 24.3 Å². The number of carbonyl (C=O) groups excluding carboxylic acids is 2. The van der Waals surface area contributed by atoms with Gasteiger partial charge in [-0.1, -0.05) is 224 Å². The fourth-order valence-electron chi connectivity index (χ4n) is 7.74. The van der Waals surface area contributed by atoms with Crippen LogP contribution >= 0.6 is 0 Å². The van der Waals surface area contributed by atoms with Crippen LogP contribution in [0, 0.1) is 0 Å². The lowest BCUT2D eigenvalue weighted by molar-refractivity contribution is -0.143. The van der Waals surface area contributed by atoms with Crippen molar-refractivity contribution in [3.8, 4) is 0 Å². The third-order valence-electron chi connectivity index (χ3n) is 11.7. The minimum absolute atomic E-state index is 0.0146. The number of amides is 1. The highest BCUT2D eigenvalue weighted by atomic mass is 16.5. The van der Waals surface area contributed by atoms with Crippen LogP contribution in [0.4, 0.5) is 0 Å². The molecule has 0 aliphatic heterocycles. The number of esters is 1. The van der Waals surface area contributed by atoms with E-state index in [1.54, 1.807) is 6.08 Å². The van der Waals surface area contributed by atoms with Gasteiger partial charge in [-0.15, -0.1) is 0 Å². The van der Waals surface area contributed by atoms with E-state index in [9.17, 15) is 19.8 Å². The van der Waals surface area contributed by atoms with E-state index in [4.69, 9.17) is 4.74 Å². The molecule has 0 aromatic rings. The topological polar surface area (TPSA) is 95.9 Å². The lowest BCUT2D eigenvalue weighted by atomic mass is 10.0. The number of rotatable bonds is 47. The molecule has 0 aromatic heterocycles. The van der Waals surface area contributed by atoms with Gasteiger partial charge in [-0.2, -0.15) is 0 Å². The van der Waals surface area contributed by atoms with Crippen LogP contribution in [0.3, 0.4) is 0 Å². The van der Waals surface area contributed by atoms with E-state index in [1.165, 1.54) is 186 Å². The largest absolute Gasteiger partial charge is 0.466 e. The van der Waals surface area contributed by atoms with E-state index in [0.717, 1.165) is 57.8 Å². The van der Waals surface area contributed by atoms with Gasteiger partial charge in [0.15, 0.2) is 0 Å². The van der Waals surface area contributed by atoms with Crippen molar-refractivity contribution >= 4 is 11.9 Å². The number of carbonyl (C=O) groups is 2. The van der Waals surface area contributed by atoms with Crippen LogP contribution in [0.2, 0.25) is 0 Å². The first-order valence-electron chi connectivity index (χ1n) is 25.6. The molecule has 6 heteroatoms. The maximum absolute atomic E-state index is 12.4. The summed E-state index contributed by atoms with van der Waals surface area (Å²) in [4.78, 5) is 24.4. The maximum atomic E-state index is 12.4. The van der Waals surface area contributed by atoms with Crippen LogP contribution in [0.15, 0.2) is 24.3 Å². The first kappa shape index (κ1) is 56.3. The average molecular weight is 818 g/mol. The Morgan fingerprint density at radius 3 is 1.22 bits per heavy atom. The Hall–Kier alpha value is -1.66. The van der Waals surface area contributed by atoms with Crippen LogP contribution in [-0.2, 0) is 14.3 Å². The monoisotopic (exact) mass is 818 g/mol. The summed E-state index contributed by atoms with van der Waals surface area (Å²) in [6.07, 6.45) is 56.0. The van der Waals surface area contributed by atoms with Gasteiger partial charge in [-0.3, -0.25) is 9.59 Å². The van der Waals surface area contributed by atoms with Gasteiger partial charge in [-0.25, -0.2) is 0 Å². The van der Waals surface area contributed by atoms with Gasteiger partial charge < -0.3 is 20.3 Å². The Kier molecular flexibility index (Phi) is 46.6. The zero-order chi connectivity index (χ0) is 42.3. The molecule has 0 aliphatic carbocycles. The van der Waals surface area contributed by atoms with E-state index in [-0.39, 0.29) is 18.5 Å². The van der Waals surface area contributed by atoms with Gasteiger partial charge in [0.05, 0.1) is 25.4 Å². The van der Waals surface area contributed by atoms with Crippen molar-refractivity contribution in [2.45, 2.75) is 283 Å². The second-order valence-corrected chi connectivity index (χ2v) is 17.5. The molecule has 0 bridgehead atoms. The second-order valence-electron chi connectivity index (χ2n) is 17.5. The van der Waals surface area contributed by atoms with Crippen molar-refractivity contribution in [2.24, 2.45) is 0 Å². The van der Waals surface area contributed by atoms with Gasteiger partial charge in [0, 0.05) is 12.8 Å². The summed E-state index contributed by atoms with van der Waals surface area (Å²) in [6, 6.07) is -0.638. The molecule has 3 N–H and O–H groups in total. The number of unbranched alkanes of at least 4 members (excludes halogenated alkanes) is 34. The predicted octanol–water partition coefficient (Wildman–Crippen LogP) is 15.1. The molecule has 0 spiro atoms. The Labute approximate surface area is 361 Å². The fourth-order valence-corrected chi connectivity index (χ4v) is 7.74. The van der Waals surface area contributed by atoms with Crippen molar-refractivity contribution in [1.29, 1.82) is 0 Å². The highest BCUT2D eigenvalue weighted by Crippen LogP contribution is 2.15. The summed E-state index contributed by atoms with van der Waals surface area (Å²) in [5, 5.41) is 23.0. The van der Waals surface area contributed by atoms with Gasteiger partial charge >= 0.3 is 5.97 Å². The molecule has 0 radical (unpaired) electrons. The molecule has 1 amide bonds. The van der Waals surface area contributed by atoms with E-state index in [2.05, 4.69) is 31.3 Å². The standard InChI is InChI=1S/C52H99NO5/c1-3-5-7-9-11-13-15-17-18-19-20-21-26-30-34-38-42-46-52(57)58-47-43-39-35-31-27-23-22-25-29-33-37-41-45-51(56)53-49(48-54)50(55)44-40-36-32-28-24-16-14-12-10-8-6-4-2/h17-18,40,44,49-50,54-55H,3-16,19-39,41-43,45-48H2,1-2H3,(H,53,56)/b18-17-,44-40+. The zero-order valence-electron chi connectivity index (χ0n) is 38.8. The molecular weight excluding hydrogens is 719 g/mol. The van der Waals surface area contributed by atoms with E-state index in [0.29, 0.717) is 19.4 Å². The van der Waals surface area contributed by atoms with Gasteiger partial charge in [0.2, 0.25) is 5.91 Å². The number of nitrogens with one attached hydrogen (secondary N) is 1. The first-order valence-corrected chi connectivity index (χ1v) is 25.6. The number of aliphatic hydroxyl groups is 2. The highest BCUT2D eigenvalue weighted by molar-refractivity contribution is 5.76. The summed E-state index contributed by atoms with van der Waals surface area (Å²) < 4.78 is 5.46. The molecule has 0 fully saturated rings. The molecular formula is C52H99NO5. The fraction of sp³-hybridized carbons (Fsp3) is 0.885. The minimum Gasteiger partial charge on any atom is -0.466 e. The van der Waals surface area contributed by atoms with Crippen molar-refractivity contribution in [3.63, 3.8) is 0 Å². The van der Waals surface area contributed by atoms with Crippen molar-refractivity contribution in [1.82, 2.24) is 5.32 Å². The van der Waals surface area contributed by atoms with Crippen molar-refractivity contribution < 1.29 is 24.5 Å². The van der Waals surface area contributed by atoms with Crippen molar-refractivity contribution in [2.75, 3.05) is 13.2 Å². The number of allylic oxidation sites excluding steroid dienone is 3. The van der Waals surface area contributed by atoms with Crippen LogP contribution < -0.4 is 5.32 Å².